The molecule has 106 valence electrons. The minimum absolute atomic E-state index is 0.0160. The van der Waals surface area contributed by atoms with Crippen LogP contribution >= 0.6 is 0 Å². The van der Waals surface area contributed by atoms with Gasteiger partial charge in [0.2, 0.25) is 5.91 Å². The standard InChI is InChI=1S/C17H22N2O/c20-16-15-10-7-13-18(15)17(11-5-2-6-12-17)19(16)14-8-3-1-4-9-14/h1,3-4,8-9,15H,2,5-7,10-13H2. The van der Waals surface area contributed by atoms with Gasteiger partial charge in [0.05, 0.1) is 6.04 Å². The molecule has 4 rings (SSSR count). The second-order valence-electron chi connectivity index (χ2n) is 6.40. The van der Waals surface area contributed by atoms with Crippen LogP contribution < -0.4 is 4.90 Å². The number of carbonyl (C=O) groups excluding carboxylic acids is 1. The predicted molar refractivity (Wildman–Crippen MR) is 79.5 cm³/mol. The molecule has 2 saturated heterocycles. The summed E-state index contributed by atoms with van der Waals surface area (Å²) >= 11 is 0. The van der Waals surface area contributed by atoms with Gasteiger partial charge >= 0.3 is 0 Å². The summed E-state index contributed by atoms with van der Waals surface area (Å²) in [6, 6.07) is 10.4. The van der Waals surface area contributed by atoms with Crippen molar-refractivity contribution in [2.75, 3.05) is 11.4 Å². The number of carbonyl (C=O) groups is 1. The molecule has 20 heavy (non-hydrogen) atoms. The molecule has 1 atom stereocenters. The van der Waals surface area contributed by atoms with Gasteiger partial charge in [0.1, 0.15) is 5.66 Å². The molecule has 3 aliphatic rings. The number of fused-ring (bicyclic) bond motifs is 2. The van der Waals surface area contributed by atoms with Gasteiger partial charge in [0, 0.05) is 12.2 Å². The molecule has 1 saturated carbocycles. The van der Waals surface area contributed by atoms with Gasteiger partial charge < -0.3 is 0 Å². The smallest absolute Gasteiger partial charge is 0.245 e. The van der Waals surface area contributed by atoms with E-state index in [0.717, 1.165) is 31.5 Å². The zero-order chi connectivity index (χ0) is 13.6. The van der Waals surface area contributed by atoms with E-state index in [0.29, 0.717) is 5.91 Å². The summed E-state index contributed by atoms with van der Waals surface area (Å²) in [5.41, 5.74) is 1.08. The first kappa shape index (κ1) is 12.4. The molecule has 3 heteroatoms. The van der Waals surface area contributed by atoms with E-state index in [9.17, 15) is 4.79 Å². The third-order valence-corrected chi connectivity index (χ3v) is 5.38. The van der Waals surface area contributed by atoms with Gasteiger partial charge in [-0.25, -0.2) is 0 Å². The maximum absolute atomic E-state index is 12.9. The summed E-state index contributed by atoms with van der Waals surface area (Å²) in [5.74, 6) is 0.343. The van der Waals surface area contributed by atoms with Crippen LogP contribution in [0.25, 0.3) is 0 Å². The molecule has 1 aliphatic carbocycles. The second-order valence-corrected chi connectivity index (χ2v) is 6.40. The molecule has 0 aromatic heterocycles. The largest absolute Gasteiger partial charge is 0.292 e. The number of rotatable bonds is 1. The third-order valence-electron chi connectivity index (χ3n) is 5.38. The number of hydrogen-bond donors (Lipinski definition) is 0. The van der Waals surface area contributed by atoms with Gasteiger partial charge in [-0.3, -0.25) is 14.6 Å². The summed E-state index contributed by atoms with van der Waals surface area (Å²) in [5, 5.41) is 0. The Kier molecular flexibility index (Phi) is 2.84. The molecule has 1 unspecified atom stereocenters. The minimum Gasteiger partial charge on any atom is -0.292 e. The lowest BCUT2D eigenvalue weighted by molar-refractivity contribution is -0.119. The van der Waals surface area contributed by atoms with Crippen LogP contribution in [0.15, 0.2) is 30.3 Å². The number of para-hydroxylation sites is 1. The summed E-state index contributed by atoms with van der Waals surface area (Å²) < 4.78 is 0. The van der Waals surface area contributed by atoms with E-state index in [1.807, 2.05) is 18.2 Å². The maximum Gasteiger partial charge on any atom is 0.245 e. The van der Waals surface area contributed by atoms with Crippen molar-refractivity contribution >= 4 is 11.6 Å². The van der Waals surface area contributed by atoms with E-state index in [2.05, 4.69) is 21.9 Å². The molecule has 0 radical (unpaired) electrons. The van der Waals surface area contributed by atoms with Crippen molar-refractivity contribution < 1.29 is 4.79 Å². The molecule has 1 amide bonds. The zero-order valence-corrected chi connectivity index (χ0v) is 11.9. The van der Waals surface area contributed by atoms with Crippen LogP contribution in [-0.2, 0) is 4.79 Å². The molecule has 2 aliphatic heterocycles. The molecular formula is C17H22N2O. The Balaban J connectivity index is 1.80. The number of nitrogens with zero attached hydrogens (tertiary/aromatic N) is 2. The Morgan fingerprint density at radius 1 is 1.00 bits per heavy atom. The molecule has 3 fully saturated rings. The van der Waals surface area contributed by atoms with Crippen molar-refractivity contribution in [3.63, 3.8) is 0 Å². The highest BCUT2D eigenvalue weighted by atomic mass is 16.2. The highest BCUT2D eigenvalue weighted by Gasteiger charge is 2.58. The molecule has 2 heterocycles. The summed E-state index contributed by atoms with van der Waals surface area (Å²) in [4.78, 5) is 17.6. The lowest BCUT2D eigenvalue weighted by Gasteiger charge is -2.46. The summed E-state index contributed by atoms with van der Waals surface area (Å²) in [6.45, 7) is 1.10. The van der Waals surface area contributed by atoms with Crippen molar-refractivity contribution in [3.8, 4) is 0 Å². The first-order valence-electron chi connectivity index (χ1n) is 7.99. The number of hydrogen-bond acceptors (Lipinski definition) is 2. The van der Waals surface area contributed by atoms with Gasteiger partial charge in [-0.15, -0.1) is 0 Å². The second kappa shape index (κ2) is 4.59. The van der Waals surface area contributed by atoms with Crippen LogP contribution in [0, 0.1) is 0 Å². The maximum atomic E-state index is 12.9. The minimum atomic E-state index is -0.0160. The van der Waals surface area contributed by atoms with Gasteiger partial charge in [-0.2, -0.15) is 0 Å². The average molecular weight is 270 g/mol. The molecule has 3 nitrogen and oxygen atoms in total. The third kappa shape index (κ3) is 1.59. The normalized spacial score (nSPS) is 29.1. The van der Waals surface area contributed by atoms with Crippen LogP contribution in [0.1, 0.15) is 44.9 Å². The topological polar surface area (TPSA) is 23.6 Å². The van der Waals surface area contributed by atoms with E-state index in [4.69, 9.17) is 0 Å². The molecule has 0 N–H and O–H groups in total. The van der Waals surface area contributed by atoms with Crippen LogP contribution in [-0.4, -0.2) is 29.1 Å². The van der Waals surface area contributed by atoms with Gasteiger partial charge in [-0.1, -0.05) is 24.6 Å². The monoisotopic (exact) mass is 270 g/mol. The van der Waals surface area contributed by atoms with E-state index in [1.165, 1.54) is 25.7 Å². The summed E-state index contributed by atoms with van der Waals surface area (Å²) in [6.07, 6.45) is 8.33. The summed E-state index contributed by atoms with van der Waals surface area (Å²) in [7, 11) is 0. The van der Waals surface area contributed by atoms with Crippen molar-refractivity contribution in [2.24, 2.45) is 0 Å². The van der Waals surface area contributed by atoms with Gasteiger partial charge in [-0.05, 0) is 50.7 Å². The van der Waals surface area contributed by atoms with Crippen molar-refractivity contribution in [3.05, 3.63) is 30.3 Å². The van der Waals surface area contributed by atoms with Crippen LogP contribution in [0.5, 0.6) is 0 Å². The van der Waals surface area contributed by atoms with E-state index < -0.39 is 0 Å². The fourth-order valence-corrected chi connectivity index (χ4v) is 4.58. The lowest BCUT2D eigenvalue weighted by atomic mass is 9.87. The fourth-order valence-electron chi connectivity index (χ4n) is 4.58. The Labute approximate surface area is 120 Å². The zero-order valence-electron chi connectivity index (χ0n) is 11.9. The number of benzene rings is 1. The highest BCUT2D eigenvalue weighted by Crippen LogP contribution is 2.48. The molecule has 1 aromatic rings. The van der Waals surface area contributed by atoms with Gasteiger partial charge in [0.25, 0.3) is 0 Å². The average Bonchev–Trinajstić information content (AvgIpc) is 3.06. The van der Waals surface area contributed by atoms with Gasteiger partial charge in [0.15, 0.2) is 0 Å². The Bertz CT molecular complexity index is 507. The Morgan fingerprint density at radius 2 is 1.75 bits per heavy atom. The van der Waals surface area contributed by atoms with E-state index >= 15 is 0 Å². The predicted octanol–water partition coefficient (Wildman–Crippen LogP) is 3.16. The van der Waals surface area contributed by atoms with Crippen molar-refractivity contribution in [2.45, 2.75) is 56.7 Å². The number of amides is 1. The first-order chi connectivity index (χ1) is 9.83. The quantitative estimate of drug-likeness (QED) is 0.782. The fraction of sp³-hybridized carbons (Fsp3) is 0.588. The molecule has 1 spiro atoms. The SMILES string of the molecule is O=C1C2CCCN2C2(CCCCC2)N1c1ccccc1. The highest BCUT2D eigenvalue weighted by molar-refractivity contribution is 6.01. The lowest BCUT2D eigenvalue weighted by Crippen LogP contribution is -2.55. The van der Waals surface area contributed by atoms with Crippen LogP contribution in [0.3, 0.4) is 0 Å². The first-order valence-corrected chi connectivity index (χ1v) is 7.99. The molecule has 1 aromatic carbocycles. The van der Waals surface area contributed by atoms with E-state index in [-0.39, 0.29) is 11.7 Å². The molecular weight excluding hydrogens is 248 g/mol. The Morgan fingerprint density at radius 3 is 2.50 bits per heavy atom. The van der Waals surface area contributed by atoms with Crippen LogP contribution in [0.2, 0.25) is 0 Å². The van der Waals surface area contributed by atoms with Crippen LogP contribution in [0.4, 0.5) is 5.69 Å². The number of anilines is 1. The van der Waals surface area contributed by atoms with Crippen molar-refractivity contribution in [1.82, 2.24) is 4.90 Å². The van der Waals surface area contributed by atoms with Crippen molar-refractivity contribution in [1.29, 1.82) is 0 Å². The van der Waals surface area contributed by atoms with E-state index in [1.54, 1.807) is 0 Å². The Hall–Kier alpha value is -1.35. The molecule has 0 bridgehead atoms.